The molecule has 108 valence electrons. The summed E-state index contributed by atoms with van der Waals surface area (Å²) in [5.41, 5.74) is 5.45. The van der Waals surface area contributed by atoms with Crippen LogP contribution in [-0.2, 0) is 12.3 Å². The van der Waals surface area contributed by atoms with Crippen molar-refractivity contribution < 1.29 is 0 Å². The number of nitrogens with zero attached hydrogens (tertiary/aromatic N) is 3. The van der Waals surface area contributed by atoms with Crippen molar-refractivity contribution in [1.82, 2.24) is 14.8 Å². The van der Waals surface area contributed by atoms with E-state index in [1.54, 1.807) is 0 Å². The van der Waals surface area contributed by atoms with Crippen LogP contribution in [0.1, 0.15) is 29.4 Å². The minimum Gasteiger partial charge on any atom is -0.228 e. The molecule has 0 aliphatic rings. The van der Waals surface area contributed by atoms with E-state index < -0.39 is 0 Å². The summed E-state index contributed by atoms with van der Waals surface area (Å²) in [6.07, 6.45) is 0.974. The quantitative estimate of drug-likeness (QED) is 0.674. The Morgan fingerprint density at radius 2 is 1.95 bits per heavy atom. The SMILES string of the molecule is CCc1c(C)nn(-c2nc3ccccc3cc2CCl)c1C. The molecule has 0 fully saturated rings. The molecule has 0 bridgehead atoms. The molecule has 0 aliphatic carbocycles. The van der Waals surface area contributed by atoms with Gasteiger partial charge in [-0.15, -0.1) is 11.6 Å². The number of fused-ring (bicyclic) bond motifs is 1. The van der Waals surface area contributed by atoms with Crippen molar-refractivity contribution in [2.75, 3.05) is 0 Å². The van der Waals surface area contributed by atoms with Gasteiger partial charge in [0.2, 0.25) is 0 Å². The Morgan fingerprint density at radius 3 is 2.62 bits per heavy atom. The second kappa shape index (κ2) is 5.49. The largest absolute Gasteiger partial charge is 0.228 e. The third-order valence-corrected chi connectivity index (χ3v) is 4.21. The summed E-state index contributed by atoms with van der Waals surface area (Å²) in [5.74, 6) is 1.26. The fraction of sp³-hybridized carbons (Fsp3) is 0.294. The zero-order valence-electron chi connectivity index (χ0n) is 12.5. The van der Waals surface area contributed by atoms with E-state index in [0.717, 1.165) is 40.1 Å². The highest BCUT2D eigenvalue weighted by molar-refractivity contribution is 6.17. The van der Waals surface area contributed by atoms with E-state index in [-0.39, 0.29) is 0 Å². The molecule has 3 aromatic rings. The van der Waals surface area contributed by atoms with E-state index in [1.165, 1.54) is 5.56 Å². The van der Waals surface area contributed by atoms with Crippen molar-refractivity contribution >= 4 is 22.5 Å². The Labute approximate surface area is 129 Å². The minimum atomic E-state index is 0.424. The first-order chi connectivity index (χ1) is 10.2. The van der Waals surface area contributed by atoms with Crippen molar-refractivity contribution in [3.63, 3.8) is 0 Å². The molecule has 4 heteroatoms. The van der Waals surface area contributed by atoms with Crippen LogP contribution in [0.5, 0.6) is 0 Å². The lowest BCUT2D eigenvalue weighted by atomic mass is 10.1. The fourth-order valence-electron chi connectivity index (χ4n) is 2.82. The van der Waals surface area contributed by atoms with Crippen LogP contribution >= 0.6 is 11.6 Å². The number of aryl methyl sites for hydroxylation is 1. The maximum Gasteiger partial charge on any atom is 0.158 e. The van der Waals surface area contributed by atoms with Crippen molar-refractivity contribution in [3.8, 4) is 5.82 Å². The van der Waals surface area contributed by atoms with Crippen LogP contribution in [0.2, 0.25) is 0 Å². The first-order valence-corrected chi connectivity index (χ1v) is 7.69. The lowest BCUT2D eigenvalue weighted by molar-refractivity contribution is 0.801. The molecule has 0 aliphatic heterocycles. The van der Waals surface area contributed by atoms with E-state index in [4.69, 9.17) is 16.6 Å². The third kappa shape index (κ3) is 2.32. The summed E-state index contributed by atoms with van der Waals surface area (Å²) in [5, 5.41) is 5.77. The maximum absolute atomic E-state index is 6.13. The van der Waals surface area contributed by atoms with Crippen LogP contribution in [0.4, 0.5) is 0 Å². The van der Waals surface area contributed by atoms with Gasteiger partial charge in [-0.1, -0.05) is 25.1 Å². The van der Waals surface area contributed by atoms with Gasteiger partial charge in [0.05, 0.1) is 17.1 Å². The molecule has 0 saturated carbocycles. The smallest absolute Gasteiger partial charge is 0.158 e. The molecular weight excluding hydrogens is 282 g/mol. The van der Waals surface area contributed by atoms with Crippen LogP contribution in [0.15, 0.2) is 30.3 Å². The number of alkyl halides is 1. The molecular formula is C17H18ClN3. The fourth-order valence-corrected chi connectivity index (χ4v) is 3.02. The number of pyridine rings is 1. The molecule has 0 unspecified atom stereocenters. The third-order valence-electron chi connectivity index (χ3n) is 3.92. The highest BCUT2D eigenvalue weighted by Gasteiger charge is 2.15. The van der Waals surface area contributed by atoms with Gasteiger partial charge < -0.3 is 0 Å². The molecule has 2 aromatic heterocycles. The molecule has 0 spiro atoms. The van der Waals surface area contributed by atoms with Crippen molar-refractivity contribution in [2.24, 2.45) is 0 Å². The summed E-state index contributed by atoms with van der Waals surface area (Å²) < 4.78 is 1.93. The summed E-state index contributed by atoms with van der Waals surface area (Å²) in [6, 6.07) is 10.2. The highest BCUT2D eigenvalue weighted by Crippen LogP contribution is 2.24. The number of aromatic nitrogens is 3. The van der Waals surface area contributed by atoms with Crippen LogP contribution in [0.3, 0.4) is 0 Å². The molecule has 21 heavy (non-hydrogen) atoms. The van der Waals surface area contributed by atoms with Gasteiger partial charge >= 0.3 is 0 Å². The summed E-state index contributed by atoms with van der Waals surface area (Å²) in [6.45, 7) is 6.29. The number of hydrogen-bond acceptors (Lipinski definition) is 2. The van der Waals surface area contributed by atoms with Crippen molar-refractivity contribution in [2.45, 2.75) is 33.1 Å². The monoisotopic (exact) mass is 299 g/mol. The van der Waals surface area contributed by atoms with Gasteiger partial charge in [-0.05, 0) is 38.0 Å². The Bertz CT molecular complexity index is 805. The van der Waals surface area contributed by atoms with E-state index in [2.05, 4.69) is 31.1 Å². The van der Waals surface area contributed by atoms with Gasteiger partial charge in [0, 0.05) is 16.6 Å². The first kappa shape index (κ1) is 14.1. The zero-order valence-corrected chi connectivity index (χ0v) is 13.3. The van der Waals surface area contributed by atoms with E-state index in [1.807, 2.05) is 29.8 Å². The Balaban J connectivity index is 2.28. The predicted molar refractivity (Wildman–Crippen MR) is 87.3 cm³/mol. The Hall–Kier alpha value is -1.87. The average molecular weight is 300 g/mol. The van der Waals surface area contributed by atoms with Gasteiger partial charge in [-0.2, -0.15) is 5.10 Å². The number of halogens is 1. The van der Waals surface area contributed by atoms with Gasteiger partial charge in [0.1, 0.15) is 0 Å². The van der Waals surface area contributed by atoms with E-state index in [9.17, 15) is 0 Å². The van der Waals surface area contributed by atoms with Gasteiger partial charge in [0.15, 0.2) is 5.82 Å². The van der Waals surface area contributed by atoms with Gasteiger partial charge in [-0.3, -0.25) is 0 Å². The van der Waals surface area contributed by atoms with Crippen LogP contribution < -0.4 is 0 Å². The van der Waals surface area contributed by atoms with E-state index in [0.29, 0.717) is 5.88 Å². The molecule has 3 rings (SSSR count). The van der Waals surface area contributed by atoms with Crippen LogP contribution in [0, 0.1) is 13.8 Å². The Kier molecular flexibility index (Phi) is 3.68. The average Bonchev–Trinajstić information content (AvgIpc) is 2.80. The standard InChI is InChI=1S/C17H18ClN3/c1-4-15-11(2)20-21(12(15)3)17-14(10-18)9-13-7-5-6-8-16(13)19-17/h5-9H,4,10H2,1-3H3. The Morgan fingerprint density at radius 1 is 1.19 bits per heavy atom. The number of para-hydroxylation sites is 1. The van der Waals surface area contributed by atoms with Gasteiger partial charge in [0.25, 0.3) is 0 Å². The van der Waals surface area contributed by atoms with Crippen molar-refractivity contribution in [3.05, 3.63) is 52.8 Å². The normalized spacial score (nSPS) is 11.2. The molecule has 0 amide bonds. The number of rotatable bonds is 3. The molecule has 0 N–H and O–H groups in total. The second-order valence-electron chi connectivity index (χ2n) is 5.21. The zero-order chi connectivity index (χ0) is 15.0. The molecule has 0 saturated heterocycles. The summed E-state index contributed by atoms with van der Waals surface area (Å²) >= 11 is 6.13. The molecule has 0 atom stereocenters. The molecule has 2 heterocycles. The predicted octanol–water partition coefficient (Wildman–Crippen LogP) is 4.34. The lowest BCUT2D eigenvalue weighted by Crippen LogP contribution is -2.06. The maximum atomic E-state index is 6.13. The number of benzene rings is 1. The summed E-state index contributed by atoms with van der Waals surface area (Å²) in [7, 11) is 0. The lowest BCUT2D eigenvalue weighted by Gasteiger charge is -2.10. The molecule has 1 aromatic carbocycles. The van der Waals surface area contributed by atoms with E-state index >= 15 is 0 Å². The summed E-state index contributed by atoms with van der Waals surface area (Å²) in [4.78, 5) is 4.78. The van der Waals surface area contributed by atoms with Crippen molar-refractivity contribution in [1.29, 1.82) is 0 Å². The topological polar surface area (TPSA) is 30.7 Å². The second-order valence-corrected chi connectivity index (χ2v) is 5.48. The van der Waals surface area contributed by atoms with Gasteiger partial charge in [-0.25, -0.2) is 9.67 Å². The molecule has 3 nitrogen and oxygen atoms in total. The van der Waals surface area contributed by atoms with Crippen LogP contribution in [-0.4, -0.2) is 14.8 Å². The highest BCUT2D eigenvalue weighted by atomic mass is 35.5. The first-order valence-electron chi connectivity index (χ1n) is 7.15. The molecule has 0 radical (unpaired) electrons. The number of hydrogen-bond donors (Lipinski definition) is 0. The minimum absolute atomic E-state index is 0.424. The van der Waals surface area contributed by atoms with Crippen LogP contribution in [0.25, 0.3) is 16.7 Å².